The van der Waals surface area contributed by atoms with Gasteiger partial charge in [0.1, 0.15) is 0 Å². The lowest BCUT2D eigenvalue weighted by molar-refractivity contribution is 0.0917. The number of nitrogens with one attached hydrogen (secondary N) is 1. The third kappa shape index (κ3) is 2.76. The molecule has 0 heterocycles. The first-order valence-electron chi connectivity index (χ1n) is 6.08. The first-order chi connectivity index (χ1) is 8.61. The van der Waals surface area contributed by atoms with E-state index in [1.807, 2.05) is 0 Å². The van der Waals surface area contributed by atoms with Gasteiger partial charge >= 0.3 is 0 Å². The second kappa shape index (κ2) is 5.59. The molecule has 4 nitrogen and oxygen atoms in total. The molecule has 0 aliphatic heterocycles. The number of rotatable bonds is 3. The first-order valence-corrected chi connectivity index (χ1v) is 6.46. The molecule has 2 rings (SSSR count). The number of amides is 1. The summed E-state index contributed by atoms with van der Waals surface area (Å²) in [5.41, 5.74) is 6.58. The minimum Gasteiger partial charge on any atom is -0.398 e. The van der Waals surface area contributed by atoms with Crippen LogP contribution in [-0.4, -0.2) is 23.7 Å². The van der Waals surface area contributed by atoms with Crippen molar-refractivity contribution in [1.29, 1.82) is 0 Å². The van der Waals surface area contributed by atoms with E-state index in [1.165, 1.54) is 0 Å². The molecule has 1 aromatic rings. The van der Waals surface area contributed by atoms with Crippen LogP contribution in [0.1, 0.15) is 29.6 Å². The van der Waals surface area contributed by atoms with Gasteiger partial charge in [0.2, 0.25) is 0 Å². The largest absolute Gasteiger partial charge is 0.398 e. The van der Waals surface area contributed by atoms with Gasteiger partial charge in [0.25, 0.3) is 5.91 Å². The van der Waals surface area contributed by atoms with Gasteiger partial charge in [0.05, 0.1) is 5.56 Å². The summed E-state index contributed by atoms with van der Waals surface area (Å²) < 4.78 is 0. The molecular formula is C13H17ClN2O2. The van der Waals surface area contributed by atoms with E-state index in [0.29, 0.717) is 16.3 Å². The molecule has 0 saturated heterocycles. The summed E-state index contributed by atoms with van der Waals surface area (Å²) in [6, 6.07) is 4.87. The number of nitrogen functional groups attached to an aromatic ring is 1. The normalized spacial score (nSPS) is 23.0. The fourth-order valence-corrected chi connectivity index (χ4v) is 2.61. The number of carbonyl (C=O) groups excluding carboxylic acids is 1. The van der Waals surface area contributed by atoms with Crippen molar-refractivity contribution in [2.75, 3.05) is 12.3 Å². The predicted molar refractivity (Wildman–Crippen MR) is 71.5 cm³/mol. The number of aliphatic hydroxyl groups is 1. The average Bonchev–Trinajstić information content (AvgIpc) is 2.76. The topological polar surface area (TPSA) is 75.4 Å². The summed E-state index contributed by atoms with van der Waals surface area (Å²) in [7, 11) is 0. The molecular weight excluding hydrogens is 252 g/mol. The van der Waals surface area contributed by atoms with Crippen molar-refractivity contribution in [3.8, 4) is 0 Å². The van der Waals surface area contributed by atoms with Gasteiger partial charge in [-0.05, 0) is 31.0 Å². The highest BCUT2D eigenvalue weighted by Gasteiger charge is 2.28. The van der Waals surface area contributed by atoms with Crippen molar-refractivity contribution in [3.63, 3.8) is 0 Å². The predicted octanol–water partition coefficient (Wildman–Crippen LogP) is 1.81. The van der Waals surface area contributed by atoms with Crippen LogP contribution >= 0.6 is 11.6 Å². The van der Waals surface area contributed by atoms with Crippen LogP contribution in [0.15, 0.2) is 18.2 Å². The third-order valence-electron chi connectivity index (χ3n) is 3.47. The molecule has 1 aromatic carbocycles. The van der Waals surface area contributed by atoms with Crippen molar-refractivity contribution in [3.05, 3.63) is 28.8 Å². The lowest BCUT2D eigenvalue weighted by Crippen LogP contribution is -2.38. The molecule has 18 heavy (non-hydrogen) atoms. The number of halogens is 1. The second-order valence-corrected chi connectivity index (χ2v) is 5.12. The summed E-state index contributed by atoms with van der Waals surface area (Å²) in [4.78, 5) is 12.1. The van der Waals surface area contributed by atoms with Crippen molar-refractivity contribution in [2.24, 2.45) is 5.92 Å². The van der Waals surface area contributed by atoms with Crippen molar-refractivity contribution in [2.45, 2.75) is 25.3 Å². The Balaban J connectivity index is 2.07. The van der Waals surface area contributed by atoms with Gasteiger partial charge in [-0.25, -0.2) is 0 Å². The minimum absolute atomic E-state index is 0.0394. The molecule has 1 amide bonds. The molecule has 2 atom stereocenters. The fraction of sp³-hybridized carbons (Fsp3) is 0.462. The monoisotopic (exact) mass is 268 g/mol. The number of benzene rings is 1. The Kier molecular flexibility index (Phi) is 4.09. The van der Waals surface area contributed by atoms with E-state index < -0.39 is 0 Å². The molecule has 98 valence electrons. The summed E-state index contributed by atoms with van der Waals surface area (Å²) in [6.07, 6.45) is 2.90. The van der Waals surface area contributed by atoms with Crippen molar-refractivity contribution < 1.29 is 9.90 Å². The summed E-state index contributed by atoms with van der Waals surface area (Å²) in [5, 5.41) is 12.7. The van der Waals surface area contributed by atoms with Crippen LogP contribution in [0, 0.1) is 5.92 Å². The number of aliphatic hydroxyl groups excluding tert-OH is 1. The molecule has 0 spiro atoms. The standard InChI is InChI=1S/C13H17ClN2O2/c14-9-4-5-10(11(15)6-9)13(18)16-12-3-1-2-8(12)7-17/h4-6,8,12,17H,1-3,7,15H2,(H,16,18). The zero-order valence-electron chi connectivity index (χ0n) is 10.0. The van der Waals surface area contributed by atoms with Gasteiger partial charge in [0.15, 0.2) is 0 Å². The highest BCUT2D eigenvalue weighted by molar-refractivity contribution is 6.31. The van der Waals surface area contributed by atoms with Crippen molar-refractivity contribution in [1.82, 2.24) is 5.32 Å². The Morgan fingerprint density at radius 1 is 1.50 bits per heavy atom. The van der Waals surface area contributed by atoms with Gasteiger partial charge < -0.3 is 16.2 Å². The smallest absolute Gasteiger partial charge is 0.253 e. The van der Waals surface area contributed by atoms with E-state index in [4.69, 9.17) is 17.3 Å². The van der Waals surface area contributed by atoms with Crippen molar-refractivity contribution >= 4 is 23.2 Å². The highest BCUT2D eigenvalue weighted by atomic mass is 35.5. The van der Waals surface area contributed by atoms with Gasteiger partial charge in [-0.15, -0.1) is 0 Å². The molecule has 0 bridgehead atoms. The Morgan fingerprint density at radius 3 is 2.94 bits per heavy atom. The van der Waals surface area contributed by atoms with E-state index in [1.54, 1.807) is 18.2 Å². The molecule has 5 heteroatoms. The van der Waals surface area contributed by atoms with E-state index >= 15 is 0 Å². The Bertz CT molecular complexity index is 451. The minimum atomic E-state index is -0.200. The Morgan fingerprint density at radius 2 is 2.28 bits per heavy atom. The van der Waals surface area contributed by atoms with Gasteiger partial charge in [0, 0.05) is 29.3 Å². The summed E-state index contributed by atoms with van der Waals surface area (Å²) >= 11 is 5.79. The van der Waals surface area contributed by atoms with Gasteiger partial charge in [-0.2, -0.15) is 0 Å². The highest BCUT2D eigenvalue weighted by Crippen LogP contribution is 2.26. The molecule has 1 fully saturated rings. The number of carbonyl (C=O) groups is 1. The van der Waals surface area contributed by atoms with Gasteiger partial charge in [-0.3, -0.25) is 4.79 Å². The zero-order valence-corrected chi connectivity index (χ0v) is 10.8. The maximum absolute atomic E-state index is 12.1. The van der Waals surface area contributed by atoms with Crippen LogP contribution in [0.3, 0.4) is 0 Å². The van der Waals surface area contributed by atoms with Crippen LogP contribution in [0.2, 0.25) is 5.02 Å². The molecule has 0 aromatic heterocycles. The van der Waals surface area contributed by atoms with Crippen LogP contribution in [0.25, 0.3) is 0 Å². The molecule has 1 aliphatic carbocycles. The van der Waals surface area contributed by atoms with Crippen LogP contribution in [0.5, 0.6) is 0 Å². The van der Waals surface area contributed by atoms with Crippen LogP contribution < -0.4 is 11.1 Å². The second-order valence-electron chi connectivity index (χ2n) is 4.69. The quantitative estimate of drug-likeness (QED) is 0.732. The van der Waals surface area contributed by atoms with E-state index in [9.17, 15) is 9.90 Å². The molecule has 4 N–H and O–H groups in total. The third-order valence-corrected chi connectivity index (χ3v) is 3.70. The first kappa shape index (κ1) is 13.2. The lowest BCUT2D eigenvalue weighted by atomic mass is 10.0. The Labute approximate surface area is 111 Å². The molecule has 1 aliphatic rings. The maximum atomic E-state index is 12.1. The van der Waals surface area contributed by atoms with Crippen LogP contribution in [0.4, 0.5) is 5.69 Å². The van der Waals surface area contributed by atoms with Crippen LogP contribution in [-0.2, 0) is 0 Å². The number of hydrogen-bond donors (Lipinski definition) is 3. The number of anilines is 1. The molecule has 1 saturated carbocycles. The maximum Gasteiger partial charge on any atom is 0.253 e. The van der Waals surface area contributed by atoms with E-state index in [-0.39, 0.29) is 24.5 Å². The number of nitrogens with two attached hydrogens (primary N) is 1. The average molecular weight is 269 g/mol. The van der Waals surface area contributed by atoms with Gasteiger partial charge in [-0.1, -0.05) is 18.0 Å². The molecule has 2 unspecified atom stereocenters. The number of hydrogen-bond acceptors (Lipinski definition) is 3. The zero-order chi connectivity index (χ0) is 13.1. The van der Waals surface area contributed by atoms with E-state index in [2.05, 4.69) is 5.32 Å². The summed E-state index contributed by atoms with van der Waals surface area (Å²) in [5.74, 6) is -0.0445. The lowest BCUT2D eigenvalue weighted by Gasteiger charge is -2.19. The Hall–Kier alpha value is -1.26. The SMILES string of the molecule is Nc1cc(Cl)ccc1C(=O)NC1CCCC1CO. The summed E-state index contributed by atoms with van der Waals surface area (Å²) in [6.45, 7) is 0.112. The molecule has 0 radical (unpaired) electrons. The fourth-order valence-electron chi connectivity index (χ4n) is 2.43. The van der Waals surface area contributed by atoms with E-state index in [0.717, 1.165) is 19.3 Å².